The molecule has 0 heterocycles. The number of hydrogen-bond acceptors (Lipinski definition) is 2. The van der Waals surface area contributed by atoms with Crippen molar-refractivity contribution in [3.63, 3.8) is 0 Å². The first kappa shape index (κ1) is 13.1. The van der Waals surface area contributed by atoms with E-state index in [0.717, 1.165) is 28.5 Å². The van der Waals surface area contributed by atoms with Crippen LogP contribution in [0.15, 0.2) is 18.2 Å². The van der Waals surface area contributed by atoms with Gasteiger partial charge in [0, 0.05) is 14.6 Å². The van der Waals surface area contributed by atoms with Crippen LogP contribution < -0.4 is 11.1 Å². The van der Waals surface area contributed by atoms with Gasteiger partial charge < -0.3 is 11.1 Å². The smallest absolute Gasteiger partial charge is 0.229 e. The molecule has 17 heavy (non-hydrogen) atoms. The average Bonchev–Trinajstić information content (AvgIpc) is 2.68. The van der Waals surface area contributed by atoms with Gasteiger partial charge in [0.15, 0.2) is 0 Å². The quantitative estimate of drug-likeness (QED) is 0.793. The van der Waals surface area contributed by atoms with Crippen molar-refractivity contribution in [2.45, 2.75) is 25.3 Å². The molecule has 2 rings (SSSR count). The predicted molar refractivity (Wildman–Crippen MR) is 78.1 cm³/mol. The molecule has 0 spiro atoms. The first-order valence-electron chi connectivity index (χ1n) is 5.59. The van der Waals surface area contributed by atoms with Gasteiger partial charge in [0.05, 0.1) is 11.6 Å². The van der Waals surface area contributed by atoms with Crippen LogP contribution >= 0.6 is 34.2 Å². The van der Waals surface area contributed by atoms with Crippen molar-refractivity contribution in [3.05, 3.63) is 26.8 Å². The Morgan fingerprint density at radius 3 is 2.82 bits per heavy atom. The molecule has 0 aromatic heterocycles. The minimum absolute atomic E-state index is 0.0000357. The third-order valence-corrected chi connectivity index (χ3v) is 4.22. The Kier molecular flexibility index (Phi) is 4.27. The van der Waals surface area contributed by atoms with E-state index in [9.17, 15) is 4.79 Å². The summed E-state index contributed by atoms with van der Waals surface area (Å²) in [6.45, 7) is 0. The second kappa shape index (κ2) is 5.54. The molecule has 5 heteroatoms. The molecule has 0 radical (unpaired) electrons. The summed E-state index contributed by atoms with van der Waals surface area (Å²) in [5.41, 5.74) is 6.72. The van der Waals surface area contributed by atoms with Crippen LogP contribution in [-0.4, -0.2) is 11.9 Å². The molecule has 2 atom stereocenters. The Balaban J connectivity index is 2.07. The van der Waals surface area contributed by atoms with Crippen molar-refractivity contribution >= 4 is 45.8 Å². The highest BCUT2D eigenvalue weighted by Gasteiger charge is 2.30. The first-order valence-corrected chi connectivity index (χ1v) is 7.05. The van der Waals surface area contributed by atoms with Crippen molar-refractivity contribution in [1.29, 1.82) is 0 Å². The standard InChI is InChI=1S/C12H14ClIN2O/c13-7-4-5-11(9(14)6-7)16-12(17)8-2-1-3-10(8)15/h4-6,8,10H,1-3,15H2,(H,16,17). The molecule has 3 nitrogen and oxygen atoms in total. The number of benzene rings is 1. The fourth-order valence-electron chi connectivity index (χ4n) is 2.13. The lowest BCUT2D eigenvalue weighted by Crippen LogP contribution is -2.34. The summed E-state index contributed by atoms with van der Waals surface area (Å²) in [4.78, 5) is 12.0. The van der Waals surface area contributed by atoms with Crippen LogP contribution in [0.25, 0.3) is 0 Å². The van der Waals surface area contributed by atoms with Crippen LogP contribution in [0.4, 0.5) is 5.69 Å². The number of rotatable bonds is 2. The maximum Gasteiger partial charge on any atom is 0.229 e. The molecule has 0 saturated heterocycles. The summed E-state index contributed by atoms with van der Waals surface area (Å²) in [6, 6.07) is 5.42. The number of anilines is 1. The Morgan fingerprint density at radius 1 is 1.47 bits per heavy atom. The van der Waals surface area contributed by atoms with Crippen LogP contribution in [0.5, 0.6) is 0 Å². The number of nitrogens with one attached hydrogen (secondary N) is 1. The van der Waals surface area contributed by atoms with E-state index < -0.39 is 0 Å². The molecule has 92 valence electrons. The number of amides is 1. The highest BCUT2D eigenvalue weighted by atomic mass is 127. The SMILES string of the molecule is NC1CCCC1C(=O)Nc1ccc(Cl)cc1I. The van der Waals surface area contributed by atoms with Crippen molar-refractivity contribution in [1.82, 2.24) is 0 Å². The summed E-state index contributed by atoms with van der Waals surface area (Å²) in [7, 11) is 0. The highest BCUT2D eigenvalue weighted by molar-refractivity contribution is 14.1. The average molecular weight is 365 g/mol. The van der Waals surface area contributed by atoms with Gasteiger partial charge >= 0.3 is 0 Å². The second-order valence-corrected chi connectivity index (χ2v) is 5.91. The zero-order valence-corrected chi connectivity index (χ0v) is 12.2. The Bertz CT molecular complexity index is 439. The van der Waals surface area contributed by atoms with Crippen LogP contribution in [0.3, 0.4) is 0 Å². The maximum absolute atomic E-state index is 12.0. The Morgan fingerprint density at radius 2 is 2.24 bits per heavy atom. The number of carbonyl (C=O) groups is 1. The van der Waals surface area contributed by atoms with Gasteiger partial charge in [-0.3, -0.25) is 4.79 Å². The maximum atomic E-state index is 12.0. The van der Waals surface area contributed by atoms with Gasteiger partial charge in [-0.25, -0.2) is 0 Å². The summed E-state index contributed by atoms with van der Waals surface area (Å²) >= 11 is 8.02. The monoisotopic (exact) mass is 364 g/mol. The lowest BCUT2D eigenvalue weighted by Gasteiger charge is -2.16. The zero-order valence-electron chi connectivity index (χ0n) is 9.25. The van der Waals surface area contributed by atoms with Crippen LogP contribution in [0, 0.1) is 9.49 Å². The molecule has 2 unspecified atom stereocenters. The van der Waals surface area contributed by atoms with Gasteiger partial charge in [0.1, 0.15) is 0 Å². The highest BCUT2D eigenvalue weighted by Crippen LogP contribution is 2.27. The number of nitrogens with two attached hydrogens (primary N) is 1. The predicted octanol–water partition coefficient (Wildman–Crippen LogP) is 3.01. The number of hydrogen-bond donors (Lipinski definition) is 2. The Labute approximate surface area is 119 Å². The first-order chi connectivity index (χ1) is 8.08. The normalized spacial score (nSPS) is 23.7. The molecule has 1 aliphatic rings. The molecule has 1 aromatic carbocycles. The van der Waals surface area contributed by atoms with E-state index in [2.05, 4.69) is 27.9 Å². The fraction of sp³-hybridized carbons (Fsp3) is 0.417. The summed E-state index contributed by atoms with van der Waals surface area (Å²) in [5.74, 6) is -0.0308. The molecule has 1 aliphatic carbocycles. The van der Waals surface area contributed by atoms with Crippen molar-refractivity contribution in [2.75, 3.05) is 5.32 Å². The third kappa shape index (κ3) is 3.11. The van der Waals surface area contributed by atoms with E-state index in [0.29, 0.717) is 5.02 Å². The summed E-state index contributed by atoms with van der Waals surface area (Å²) in [5, 5.41) is 3.60. The summed E-state index contributed by atoms with van der Waals surface area (Å²) in [6.07, 6.45) is 2.87. The van der Waals surface area contributed by atoms with Gasteiger partial charge in [0.2, 0.25) is 5.91 Å². The largest absolute Gasteiger partial charge is 0.327 e. The number of carbonyl (C=O) groups excluding carboxylic acids is 1. The minimum Gasteiger partial charge on any atom is -0.327 e. The lowest BCUT2D eigenvalue weighted by molar-refractivity contribution is -0.120. The lowest BCUT2D eigenvalue weighted by atomic mass is 10.0. The van der Waals surface area contributed by atoms with E-state index in [-0.39, 0.29) is 17.9 Å². The van der Waals surface area contributed by atoms with Crippen LogP contribution in [0.2, 0.25) is 5.02 Å². The van der Waals surface area contributed by atoms with Crippen molar-refractivity contribution in [2.24, 2.45) is 11.7 Å². The van der Waals surface area contributed by atoms with Crippen LogP contribution in [0.1, 0.15) is 19.3 Å². The number of halogens is 2. The van der Waals surface area contributed by atoms with Gasteiger partial charge in [-0.05, 0) is 53.6 Å². The second-order valence-electron chi connectivity index (χ2n) is 4.31. The topological polar surface area (TPSA) is 55.1 Å². The van der Waals surface area contributed by atoms with Gasteiger partial charge in [-0.2, -0.15) is 0 Å². The Hall–Kier alpha value is -0.330. The molecule has 1 aromatic rings. The minimum atomic E-state index is -0.0542. The summed E-state index contributed by atoms with van der Waals surface area (Å²) < 4.78 is 0.940. The van der Waals surface area contributed by atoms with Gasteiger partial charge in [0.25, 0.3) is 0 Å². The van der Waals surface area contributed by atoms with Gasteiger partial charge in [-0.1, -0.05) is 18.0 Å². The van der Waals surface area contributed by atoms with Crippen molar-refractivity contribution in [3.8, 4) is 0 Å². The molecule has 0 aliphatic heterocycles. The van der Waals surface area contributed by atoms with E-state index in [4.69, 9.17) is 17.3 Å². The zero-order chi connectivity index (χ0) is 12.4. The molecular formula is C12H14ClIN2O. The van der Waals surface area contributed by atoms with E-state index in [1.165, 1.54) is 0 Å². The fourth-order valence-corrected chi connectivity index (χ4v) is 3.14. The third-order valence-electron chi connectivity index (χ3n) is 3.10. The molecule has 1 amide bonds. The molecule has 0 bridgehead atoms. The van der Waals surface area contributed by atoms with Crippen molar-refractivity contribution < 1.29 is 4.79 Å². The van der Waals surface area contributed by atoms with E-state index in [1.807, 2.05) is 12.1 Å². The molecule has 1 saturated carbocycles. The van der Waals surface area contributed by atoms with Crippen LogP contribution in [-0.2, 0) is 4.79 Å². The van der Waals surface area contributed by atoms with Gasteiger partial charge in [-0.15, -0.1) is 0 Å². The van der Waals surface area contributed by atoms with E-state index in [1.54, 1.807) is 6.07 Å². The molecule has 1 fully saturated rings. The molecule has 3 N–H and O–H groups in total. The molecular weight excluding hydrogens is 351 g/mol. The van der Waals surface area contributed by atoms with E-state index >= 15 is 0 Å².